The van der Waals surface area contributed by atoms with Crippen molar-refractivity contribution in [1.29, 1.82) is 0 Å². The van der Waals surface area contributed by atoms with Gasteiger partial charge in [0, 0.05) is 17.6 Å². The fourth-order valence-electron chi connectivity index (χ4n) is 1.76. The molecule has 3 N–H and O–H groups in total. The molecular formula is C10H9BrN2O2. The SMILES string of the molecule is NCc1cc2cc3c(c(Br)c2[nH]1)OCO3. The van der Waals surface area contributed by atoms with E-state index in [2.05, 4.69) is 20.9 Å². The van der Waals surface area contributed by atoms with Gasteiger partial charge in [-0.25, -0.2) is 0 Å². The molecule has 0 saturated heterocycles. The lowest BCUT2D eigenvalue weighted by Crippen LogP contribution is -1.95. The van der Waals surface area contributed by atoms with E-state index in [1.807, 2.05) is 12.1 Å². The van der Waals surface area contributed by atoms with E-state index in [1.54, 1.807) is 0 Å². The number of fused-ring (bicyclic) bond motifs is 2. The molecule has 0 atom stereocenters. The molecule has 4 nitrogen and oxygen atoms in total. The normalized spacial score (nSPS) is 13.7. The van der Waals surface area contributed by atoms with Crippen molar-refractivity contribution in [3.05, 3.63) is 22.3 Å². The maximum absolute atomic E-state index is 5.58. The van der Waals surface area contributed by atoms with Gasteiger partial charge < -0.3 is 20.2 Å². The maximum Gasteiger partial charge on any atom is 0.231 e. The molecule has 0 fully saturated rings. The number of rotatable bonds is 1. The number of H-pyrrole nitrogens is 1. The first-order valence-electron chi connectivity index (χ1n) is 4.59. The highest BCUT2D eigenvalue weighted by Gasteiger charge is 2.20. The number of ether oxygens (including phenoxy) is 2. The lowest BCUT2D eigenvalue weighted by atomic mass is 10.2. The molecule has 0 aliphatic carbocycles. The van der Waals surface area contributed by atoms with Crippen LogP contribution >= 0.6 is 15.9 Å². The van der Waals surface area contributed by atoms with Crippen LogP contribution in [0.15, 0.2) is 16.6 Å². The Morgan fingerprint density at radius 2 is 2.27 bits per heavy atom. The molecule has 15 heavy (non-hydrogen) atoms. The third-order valence-electron chi connectivity index (χ3n) is 2.47. The van der Waals surface area contributed by atoms with E-state index in [0.717, 1.165) is 32.6 Å². The minimum absolute atomic E-state index is 0.282. The lowest BCUT2D eigenvalue weighted by molar-refractivity contribution is 0.173. The number of aromatic amines is 1. The van der Waals surface area contributed by atoms with Crippen LogP contribution in [0.4, 0.5) is 0 Å². The second kappa shape index (κ2) is 3.15. The van der Waals surface area contributed by atoms with E-state index in [4.69, 9.17) is 15.2 Å². The highest BCUT2D eigenvalue weighted by molar-refractivity contribution is 9.10. The van der Waals surface area contributed by atoms with Crippen molar-refractivity contribution < 1.29 is 9.47 Å². The molecule has 5 heteroatoms. The summed E-state index contributed by atoms with van der Waals surface area (Å²) in [6, 6.07) is 3.97. The summed E-state index contributed by atoms with van der Waals surface area (Å²) in [5.74, 6) is 1.53. The van der Waals surface area contributed by atoms with Crippen molar-refractivity contribution in [2.75, 3.05) is 6.79 Å². The molecular weight excluding hydrogens is 260 g/mol. The lowest BCUT2D eigenvalue weighted by Gasteiger charge is -2.00. The summed E-state index contributed by atoms with van der Waals surface area (Å²) in [5.41, 5.74) is 7.57. The smallest absolute Gasteiger partial charge is 0.231 e. The number of hydrogen-bond donors (Lipinski definition) is 2. The van der Waals surface area contributed by atoms with Crippen LogP contribution in [0.3, 0.4) is 0 Å². The van der Waals surface area contributed by atoms with E-state index in [1.165, 1.54) is 0 Å². The van der Waals surface area contributed by atoms with Crippen molar-refractivity contribution >= 4 is 26.8 Å². The molecule has 0 unspecified atom stereocenters. The van der Waals surface area contributed by atoms with Gasteiger partial charge in [-0.1, -0.05) is 0 Å². The van der Waals surface area contributed by atoms with E-state index in [-0.39, 0.29) is 6.79 Å². The van der Waals surface area contributed by atoms with E-state index in [0.29, 0.717) is 6.54 Å². The first kappa shape index (κ1) is 9.06. The van der Waals surface area contributed by atoms with Crippen LogP contribution in [0.5, 0.6) is 11.5 Å². The summed E-state index contributed by atoms with van der Waals surface area (Å²) < 4.78 is 11.6. The molecule has 0 amide bonds. The quantitative estimate of drug-likeness (QED) is 0.833. The van der Waals surface area contributed by atoms with Gasteiger partial charge in [-0.2, -0.15) is 0 Å². The van der Waals surface area contributed by atoms with E-state index in [9.17, 15) is 0 Å². The van der Waals surface area contributed by atoms with Crippen molar-refractivity contribution in [1.82, 2.24) is 4.98 Å². The van der Waals surface area contributed by atoms with Gasteiger partial charge in [0.05, 0.1) is 9.99 Å². The zero-order valence-electron chi connectivity index (χ0n) is 7.84. The average molecular weight is 269 g/mol. The predicted octanol–water partition coefficient (Wildman–Crippen LogP) is 2.12. The van der Waals surface area contributed by atoms with Crippen LogP contribution in [0.25, 0.3) is 10.9 Å². The van der Waals surface area contributed by atoms with Gasteiger partial charge in [-0.15, -0.1) is 0 Å². The fraction of sp³-hybridized carbons (Fsp3) is 0.200. The summed E-state index contributed by atoms with van der Waals surface area (Å²) in [6.07, 6.45) is 0. The Bertz CT molecular complexity index is 536. The summed E-state index contributed by atoms with van der Waals surface area (Å²) in [6.45, 7) is 0.776. The molecule has 0 spiro atoms. The van der Waals surface area contributed by atoms with E-state index < -0.39 is 0 Å². The van der Waals surface area contributed by atoms with Gasteiger partial charge in [-0.05, 0) is 28.1 Å². The number of benzene rings is 1. The van der Waals surface area contributed by atoms with Gasteiger partial charge in [0.2, 0.25) is 6.79 Å². The standard InChI is InChI=1S/C10H9BrN2O2/c11-8-9-5(1-6(3-12)13-9)2-7-10(8)15-4-14-7/h1-2,13H,3-4,12H2. The monoisotopic (exact) mass is 268 g/mol. The van der Waals surface area contributed by atoms with Crippen molar-refractivity contribution in [2.45, 2.75) is 6.54 Å². The molecule has 1 aliphatic rings. The summed E-state index contributed by atoms with van der Waals surface area (Å²) in [5, 5.41) is 1.08. The van der Waals surface area contributed by atoms with Crippen LogP contribution in [0, 0.1) is 0 Å². The van der Waals surface area contributed by atoms with Crippen LogP contribution in [0.1, 0.15) is 5.69 Å². The van der Waals surface area contributed by atoms with Crippen LogP contribution in [-0.4, -0.2) is 11.8 Å². The third-order valence-corrected chi connectivity index (χ3v) is 3.23. The maximum atomic E-state index is 5.58. The van der Waals surface area contributed by atoms with Gasteiger partial charge in [0.25, 0.3) is 0 Å². The van der Waals surface area contributed by atoms with Crippen molar-refractivity contribution in [2.24, 2.45) is 5.73 Å². The molecule has 1 aromatic heterocycles. The number of halogens is 1. The van der Waals surface area contributed by atoms with Gasteiger partial charge >= 0.3 is 0 Å². The molecule has 2 heterocycles. The topological polar surface area (TPSA) is 60.3 Å². The minimum Gasteiger partial charge on any atom is -0.454 e. The van der Waals surface area contributed by atoms with Gasteiger partial charge in [0.1, 0.15) is 0 Å². The Morgan fingerprint density at radius 3 is 3.07 bits per heavy atom. The molecule has 1 aliphatic heterocycles. The Labute approximate surface area is 94.5 Å². The Morgan fingerprint density at radius 1 is 1.40 bits per heavy atom. The number of nitrogens with one attached hydrogen (secondary N) is 1. The van der Waals surface area contributed by atoms with Crippen molar-refractivity contribution in [3.63, 3.8) is 0 Å². The fourth-order valence-corrected chi connectivity index (χ4v) is 2.39. The second-order valence-electron chi connectivity index (χ2n) is 3.39. The van der Waals surface area contributed by atoms with E-state index >= 15 is 0 Å². The van der Waals surface area contributed by atoms with Crippen LogP contribution < -0.4 is 15.2 Å². The summed E-state index contributed by atoms with van der Waals surface area (Å²) >= 11 is 3.50. The average Bonchev–Trinajstić information content (AvgIpc) is 2.83. The highest BCUT2D eigenvalue weighted by atomic mass is 79.9. The second-order valence-corrected chi connectivity index (χ2v) is 4.18. The van der Waals surface area contributed by atoms with Crippen LogP contribution in [-0.2, 0) is 6.54 Å². The number of aromatic nitrogens is 1. The highest BCUT2D eigenvalue weighted by Crippen LogP contribution is 2.43. The molecule has 1 aromatic carbocycles. The minimum atomic E-state index is 0.282. The molecule has 3 rings (SSSR count). The summed E-state index contributed by atoms with van der Waals surface area (Å²) in [7, 11) is 0. The largest absolute Gasteiger partial charge is 0.454 e. The molecule has 2 aromatic rings. The number of nitrogens with two attached hydrogens (primary N) is 1. The summed E-state index contributed by atoms with van der Waals surface area (Å²) in [4.78, 5) is 3.24. The zero-order valence-corrected chi connectivity index (χ0v) is 9.43. The Kier molecular flexibility index (Phi) is 1.90. The number of hydrogen-bond acceptors (Lipinski definition) is 3. The molecule has 0 radical (unpaired) electrons. The molecule has 0 saturated carbocycles. The van der Waals surface area contributed by atoms with Gasteiger partial charge in [0.15, 0.2) is 11.5 Å². The molecule has 78 valence electrons. The van der Waals surface area contributed by atoms with Crippen LogP contribution in [0.2, 0.25) is 0 Å². The predicted molar refractivity (Wildman–Crippen MR) is 60.0 cm³/mol. The van der Waals surface area contributed by atoms with Crippen molar-refractivity contribution in [3.8, 4) is 11.5 Å². The molecule has 0 bridgehead atoms. The van der Waals surface area contributed by atoms with Gasteiger partial charge in [-0.3, -0.25) is 0 Å². The first-order valence-corrected chi connectivity index (χ1v) is 5.38. The zero-order chi connectivity index (χ0) is 10.4. The Hall–Kier alpha value is -1.20. The third kappa shape index (κ3) is 1.23. The Balaban J connectivity index is 2.33. The first-order chi connectivity index (χ1) is 7.29.